The SMILES string of the molecule is COC(=O)[C@@H](N)Cc1c2ccccc2nc2ccccc12. The van der Waals surface area contributed by atoms with Gasteiger partial charge in [-0.1, -0.05) is 36.4 Å². The Morgan fingerprint density at radius 3 is 2.14 bits per heavy atom. The van der Waals surface area contributed by atoms with Gasteiger partial charge in [-0.15, -0.1) is 0 Å². The Bertz CT molecular complexity index is 760. The van der Waals surface area contributed by atoms with Crippen molar-refractivity contribution in [3.8, 4) is 0 Å². The van der Waals surface area contributed by atoms with Crippen LogP contribution in [0.4, 0.5) is 0 Å². The minimum atomic E-state index is -0.677. The predicted molar refractivity (Wildman–Crippen MR) is 82.9 cm³/mol. The van der Waals surface area contributed by atoms with Crippen molar-refractivity contribution in [2.75, 3.05) is 7.11 Å². The summed E-state index contributed by atoms with van der Waals surface area (Å²) in [7, 11) is 1.35. The van der Waals surface area contributed by atoms with Crippen LogP contribution in [0, 0.1) is 0 Å². The maximum absolute atomic E-state index is 11.6. The zero-order chi connectivity index (χ0) is 14.8. The molecule has 0 fully saturated rings. The van der Waals surface area contributed by atoms with E-state index < -0.39 is 12.0 Å². The van der Waals surface area contributed by atoms with Crippen LogP contribution in [0.2, 0.25) is 0 Å². The normalized spacial score (nSPS) is 12.5. The van der Waals surface area contributed by atoms with E-state index in [1.807, 2.05) is 48.5 Å². The van der Waals surface area contributed by atoms with Crippen molar-refractivity contribution in [3.05, 3.63) is 54.1 Å². The van der Waals surface area contributed by atoms with Crippen LogP contribution in [0.25, 0.3) is 21.8 Å². The maximum Gasteiger partial charge on any atom is 0.322 e. The fourth-order valence-electron chi connectivity index (χ4n) is 2.60. The van der Waals surface area contributed by atoms with Crippen molar-refractivity contribution in [3.63, 3.8) is 0 Å². The lowest BCUT2D eigenvalue weighted by Gasteiger charge is -2.14. The first kappa shape index (κ1) is 13.5. The molecule has 0 unspecified atom stereocenters. The van der Waals surface area contributed by atoms with E-state index >= 15 is 0 Å². The fraction of sp³-hybridized carbons (Fsp3) is 0.176. The predicted octanol–water partition coefficient (Wildman–Crippen LogP) is 2.43. The minimum absolute atomic E-state index is 0.403. The van der Waals surface area contributed by atoms with E-state index in [0.29, 0.717) is 6.42 Å². The van der Waals surface area contributed by atoms with E-state index in [4.69, 9.17) is 10.5 Å². The molecule has 4 nitrogen and oxygen atoms in total. The molecule has 2 aromatic carbocycles. The van der Waals surface area contributed by atoms with Crippen LogP contribution in [0.3, 0.4) is 0 Å². The Balaban J connectivity index is 2.22. The standard InChI is InChI=1S/C17H16N2O2/c1-21-17(20)14(18)10-13-11-6-2-4-8-15(11)19-16-9-5-3-7-12(13)16/h2-9,14H,10,18H2,1H3/t14-/m0/s1. The number of nitrogens with zero attached hydrogens (tertiary/aromatic N) is 1. The Hall–Kier alpha value is -2.46. The number of fused-ring (bicyclic) bond motifs is 2. The van der Waals surface area contributed by atoms with Gasteiger partial charge >= 0.3 is 5.97 Å². The lowest BCUT2D eigenvalue weighted by Crippen LogP contribution is -2.33. The third-order valence-corrected chi connectivity index (χ3v) is 3.63. The fourth-order valence-corrected chi connectivity index (χ4v) is 2.60. The Morgan fingerprint density at radius 1 is 1.10 bits per heavy atom. The summed E-state index contributed by atoms with van der Waals surface area (Å²) in [5.41, 5.74) is 8.79. The molecule has 0 saturated heterocycles. The smallest absolute Gasteiger partial charge is 0.322 e. The van der Waals surface area contributed by atoms with Crippen LogP contribution in [0.5, 0.6) is 0 Å². The molecule has 3 aromatic rings. The van der Waals surface area contributed by atoms with Crippen molar-refractivity contribution in [1.82, 2.24) is 4.98 Å². The van der Waals surface area contributed by atoms with Crippen LogP contribution >= 0.6 is 0 Å². The maximum atomic E-state index is 11.6. The number of carbonyl (C=O) groups excluding carboxylic acids is 1. The average Bonchev–Trinajstić information content (AvgIpc) is 2.53. The molecular formula is C17H16N2O2. The van der Waals surface area contributed by atoms with E-state index in [2.05, 4.69) is 4.98 Å². The van der Waals surface area contributed by atoms with E-state index in [1.165, 1.54) is 7.11 Å². The zero-order valence-corrected chi connectivity index (χ0v) is 11.7. The third-order valence-electron chi connectivity index (χ3n) is 3.63. The minimum Gasteiger partial charge on any atom is -0.468 e. The quantitative estimate of drug-likeness (QED) is 0.591. The number of carbonyl (C=O) groups is 1. The van der Waals surface area contributed by atoms with E-state index in [1.54, 1.807) is 0 Å². The number of hydrogen-bond acceptors (Lipinski definition) is 4. The number of hydrogen-bond donors (Lipinski definition) is 1. The molecule has 106 valence electrons. The molecule has 3 rings (SSSR count). The summed E-state index contributed by atoms with van der Waals surface area (Å²) >= 11 is 0. The van der Waals surface area contributed by atoms with Crippen LogP contribution in [0.15, 0.2) is 48.5 Å². The summed E-state index contributed by atoms with van der Waals surface area (Å²) in [4.78, 5) is 16.3. The van der Waals surface area contributed by atoms with Gasteiger partial charge in [0, 0.05) is 10.8 Å². The second-order valence-corrected chi connectivity index (χ2v) is 4.96. The number of rotatable bonds is 3. The number of nitrogens with two attached hydrogens (primary N) is 1. The first-order chi connectivity index (χ1) is 10.2. The van der Waals surface area contributed by atoms with E-state index in [9.17, 15) is 4.79 Å². The van der Waals surface area contributed by atoms with Gasteiger partial charge in [-0.3, -0.25) is 4.79 Å². The van der Waals surface area contributed by atoms with Gasteiger partial charge in [0.1, 0.15) is 6.04 Å². The summed E-state index contributed by atoms with van der Waals surface area (Å²) in [6, 6.07) is 15.1. The first-order valence-corrected chi connectivity index (χ1v) is 6.80. The first-order valence-electron chi connectivity index (χ1n) is 6.80. The third kappa shape index (κ3) is 2.45. The van der Waals surface area contributed by atoms with Gasteiger partial charge in [0.2, 0.25) is 0 Å². The molecule has 1 atom stereocenters. The summed E-state index contributed by atoms with van der Waals surface area (Å²) < 4.78 is 4.73. The highest BCUT2D eigenvalue weighted by molar-refractivity contribution is 5.98. The highest BCUT2D eigenvalue weighted by Crippen LogP contribution is 2.26. The molecule has 0 radical (unpaired) electrons. The highest BCUT2D eigenvalue weighted by Gasteiger charge is 2.18. The van der Waals surface area contributed by atoms with Crippen molar-refractivity contribution in [2.24, 2.45) is 5.73 Å². The topological polar surface area (TPSA) is 65.2 Å². The Morgan fingerprint density at radius 2 is 1.62 bits per heavy atom. The monoisotopic (exact) mass is 280 g/mol. The molecule has 0 bridgehead atoms. The van der Waals surface area contributed by atoms with Gasteiger partial charge < -0.3 is 10.5 Å². The number of pyridine rings is 1. The largest absolute Gasteiger partial charge is 0.468 e. The molecule has 2 N–H and O–H groups in total. The molecule has 1 heterocycles. The molecule has 0 spiro atoms. The van der Waals surface area contributed by atoms with Crippen molar-refractivity contribution in [1.29, 1.82) is 0 Å². The molecule has 4 heteroatoms. The lowest BCUT2D eigenvalue weighted by atomic mass is 9.97. The van der Waals surface area contributed by atoms with Crippen LogP contribution < -0.4 is 5.73 Å². The van der Waals surface area contributed by atoms with Crippen molar-refractivity contribution >= 4 is 27.8 Å². The molecule has 0 aliphatic carbocycles. The number of ether oxygens (including phenoxy) is 1. The van der Waals surface area contributed by atoms with Gasteiger partial charge in [0.25, 0.3) is 0 Å². The van der Waals surface area contributed by atoms with Crippen LogP contribution in [-0.4, -0.2) is 24.1 Å². The lowest BCUT2D eigenvalue weighted by molar-refractivity contribution is -0.142. The Kier molecular flexibility index (Phi) is 3.54. The average molecular weight is 280 g/mol. The summed E-state index contributed by atoms with van der Waals surface area (Å²) in [6.45, 7) is 0. The number of esters is 1. The molecule has 0 amide bonds. The second-order valence-electron chi connectivity index (χ2n) is 4.96. The number of benzene rings is 2. The summed E-state index contributed by atoms with van der Waals surface area (Å²) in [5.74, 6) is -0.403. The summed E-state index contributed by atoms with van der Waals surface area (Å²) in [5, 5.41) is 2.05. The van der Waals surface area contributed by atoms with Gasteiger partial charge in [0.15, 0.2) is 0 Å². The number of aromatic nitrogens is 1. The Labute approximate surface area is 122 Å². The number of methoxy groups -OCH3 is 1. The molecule has 1 aromatic heterocycles. The molecule has 0 aliphatic rings. The van der Waals surface area contributed by atoms with E-state index in [0.717, 1.165) is 27.4 Å². The van der Waals surface area contributed by atoms with Crippen LogP contribution in [-0.2, 0) is 16.0 Å². The van der Waals surface area contributed by atoms with Crippen molar-refractivity contribution in [2.45, 2.75) is 12.5 Å². The summed E-state index contributed by atoms with van der Waals surface area (Å²) in [6.07, 6.45) is 0.427. The molecule has 0 saturated carbocycles. The van der Waals surface area contributed by atoms with Gasteiger partial charge in [-0.05, 0) is 24.1 Å². The molecular weight excluding hydrogens is 264 g/mol. The van der Waals surface area contributed by atoms with Gasteiger partial charge in [0.05, 0.1) is 18.1 Å². The zero-order valence-electron chi connectivity index (χ0n) is 11.7. The number of para-hydroxylation sites is 2. The second kappa shape index (κ2) is 5.50. The van der Waals surface area contributed by atoms with Gasteiger partial charge in [-0.25, -0.2) is 4.98 Å². The van der Waals surface area contributed by atoms with Crippen LogP contribution in [0.1, 0.15) is 5.56 Å². The molecule has 21 heavy (non-hydrogen) atoms. The molecule has 0 aliphatic heterocycles. The van der Waals surface area contributed by atoms with Gasteiger partial charge in [-0.2, -0.15) is 0 Å². The highest BCUT2D eigenvalue weighted by atomic mass is 16.5. The van der Waals surface area contributed by atoms with E-state index in [-0.39, 0.29) is 0 Å². The van der Waals surface area contributed by atoms with Crippen molar-refractivity contribution < 1.29 is 9.53 Å².